The molecule has 0 aliphatic carbocycles. The monoisotopic (exact) mass is 411 g/mol. The van der Waals surface area contributed by atoms with Gasteiger partial charge < -0.3 is 14.8 Å². The largest absolute Gasteiger partial charge is 0.495 e. The van der Waals surface area contributed by atoms with Gasteiger partial charge in [0, 0.05) is 23.3 Å². The molecule has 0 radical (unpaired) electrons. The zero-order valence-corrected chi connectivity index (χ0v) is 17.2. The number of carbonyl (C=O) groups is 2. The molecule has 3 rings (SSSR count). The molecule has 0 saturated heterocycles. The van der Waals surface area contributed by atoms with Crippen molar-refractivity contribution >= 4 is 28.9 Å². The smallest absolute Gasteiger partial charge is 0.312 e. The number of carbonyl (C=O) groups excluding carboxylic acids is 2. The number of nitrogens with one attached hydrogen (secondary N) is 1. The van der Waals surface area contributed by atoms with Crippen LogP contribution < -0.4 is 10.1 Å². The van der Waals surface area contributed by atoms with Gasteiger partial charge in [0.2, 0.25) is 0 Å². The Morgan fingerprint density at radius 1 is 1.28 bits per heavy atom. The van der Waals surface area contributed by atoms with E-state index in [9.17, 15) is 9.59 Å². The maximum atomic E-state index is 12.4. The summed E-state index contributed by atoms with van der Waals surface area (Å²) in [5, 5.41) is 5.31. The van der Waals surface area contributed by atoms with Crippen molar-refractivity contribution in [3.8, 4) is 16.3 Å². The lowest BCUT2D eigenvalue weighted by Crippen LogP contribution is -2.30. The zero-order chi connectivity index (χ0) is 20.8. The number of hydrogen-bond donors (Lipinski definition) is 1. The second-order valence-corrected chi connectivity index (χ2v) is 7.25. The van der Waals surface area contributed by atoms with Crippen LogP contribution >= 0.6 is 11.3 Å². The minimum Gasteiger partial charge on any atom is -0.495 e. The van der Waals surface area contributed by atoms with Gasteiger partial charge in [0.1, 0.15) is 10.8 Å². The molecule has 29 heavy (non-hydrogen) atoms. The molecule has 1 amide bonds. The lowest BCUT2D eigenvalue weighted by atomic mass is 10.2. The van der Waals surface area contributed by atoms with Gasteiger partial charge in [-0.1, -0.05) is 6.07 Å². The van der Waals surface area contributed by atoms with Gasteiger partial charge in [-0.15, -0.1) is 11.3 Å². The Bertz CT molecular complexity index is 1000. The summed E-state index contributed by atoms with van der Waals surface area (Å²) in [7, 11) is 1.53. The fourth-order valence-electron chi connectivity index (χ4n) is 2.60. The highest BCUT2D eigenvalue weighted by Gasteiger charge is 2.20. The van der Waals surface area contributed by atoms with E-state index < -0.39 is 18.0 Å². The summed E-state index contributed by atoms with van der Waals surface area (Å²) in [6.45, 7) is 3.43. The molecule has 2 heterocycles. The Kier molecular flexibility index (Phi) is 6.56. The van der Waals surface area contributed by atoms with Crippen molar-refractivity contribution in [1.82, 2.24) is 9.97 Å². The average Bonchev–Trinajstić information content (AvgIpc) is 3.17. The molecule has 7 nitrogen and oxygen atoms in total. The van der Waals surface area contributed by atoms with Crippen molar-refractivity contribution in [3.63, 3.8) is 0 Å². The first-order valence-electron chi connectivity index (χ1n) is 8.96. The van der Waals surface area contributed by atoms with Crippen LogP contribution in [-0.4, -0.2) is 35.1 Å². The predicted octanol–water partition coefficient (Wildman–Crippen LogP) is 3.64. The topological polar surface area (TPSA) is 90.4 Å². The van der Waals surface area contributed by atoms with Crippen LogP contribution in [0.4, 0.5) is 5.69 Å². The summed E-state index contributed by atoms with van der Waals surface area (Å²) in [6.07, 6.45) is 2.44. The normalized spacial score (nSPS) is 11.6. The lowest BCUT2D eigenvalue weighted by Gasteiger charge is -2.15. The highest BCUT2D eigenvalue weighted by molar-refractivity contribution is 7.13. The maximum absolute atomic E-state index is 12.4. The third kappa shape index (κ3) is 5.39. The second-order valence-electron chi connectivity index (χ2n) is 6.39. The number of thiazole rings is 1. The first-order chi connectivity index (χ1) is 14.0. The van der Waals surface area contributed by atoms with Gasteiger partial charge in [-0.25, -0.2) is 4.98 Å². The number of aryl methyl sites for hydroxylation is 1. The summed E-state index contributed by atoms with van der Waals surface area (Å²) in [5.41, 5.74) is 2.98. The number of ether oxygens (including phenoxy) is 2. The first kappa shape index (κ1) is 20.5. The Labute approximate surface area is 172 Å². The van der Waals surface area contributed by atoms with Gasteiger partial charge in [-0.2, -0.15) is 0 Å². The highest BCUT2D eigenvalue weighted by Crippen LogP contribution is 2.26. The average molecular weight is 411 g/mol. The summed E-state index contributed by atoms with van der Waals surface area (Å²) >= 11 is 1.42. The Balaban J connectivity index is 1.57. The number of hydrogen-bond acceptors (Lipinski definition) is 7. The third-order valence-electron chi connectivity index (χ3n) is 4.08. The van der Waals surface area contributed by atoms with E-state index in [4.69, 9.17) is 9.47 Å². The van der Waals surface area contributed by atoms with E-state index in [0.29, 0.717) is 17.1 Å². The molecule has 0 spiro atoms. The van der Waals surface area contributed by atoms with Crippen LogP contribution in [-0.2, 0) is 20.7 Å². The van der Waals surface area contributed by atoms with E-state index in [1.165, 1.54) is 25.4 Å². The molecule has 0 saturated carbocycles. The van der Waals surface area contributed by atoms with E-state index >= 15 is 0 Å². The highest BCUT2D eigenvalue weighted by atomic mass is 32.1. The number of anilines is 1. The molecule has 1 aromatic carbocycles. The SMILES string of the molecule is COc1ccc(C)cc1NC(=O)[C@H](C)OC(=O)Cc1csc(-c2cccnc2)n1. The van der Waals surface area contributed by atoms with Crippen LogP contribution in [0.3, 0.4) is 0 Å². The molecule has 0 aliphatic rings. The fraction of sp³-hybridized carbons (Fsp3) is 0.238. The van der Waals surface area contributed by atoms with Crippen molar-refractivity contribution < 1.29 is 19.1 Å². The Morgan fingerprint density at radius 2 is 2.10 bits per heavy atom. The van der Waals surface area contributed by atoms with Crippen LogP contribution in [0.5, 0.6) is 5.75 Å². The summed E-state index contributed by atoms with van der Waals surface area (Å²) in [6, 6.07) is 9.17. The predicted molar refractivity (Wildman–Crippen MR) is 111 cm³/mol. The Hall–Kier alpha value is -3.26. The van der Waals surface area contributed by atoms with E-state index in [1.807, 2.05) is 25.1 Å². The van der Waals surface area contributed by atoms with E-state index in [2.05, 4.69) is 15.3 Å². The molecule has 0 bridgehead atoms. The zero-order valence-electron chi connectivity index (χ0n) is 16.3. The molecule has 150 valence electrons. The number of methoxy groups -OCH3 is 1. The molecular formula is C21H21N3O4S. The molecule has 0 unspecified atom stereocenters. The molecule has 8 heteroatoms. The van der Waals surface area contributed by atoms with Crippen molar-refractivity contribution in [2.75, 3.05) is 12.4 Å². The van der Waals surface area contributed by atoms with Crippen molar-refractivity contribution in [2.24, 2.45) is 0 Å². The van der Waals surface area contributed by atoms with Gasteiger partial charge in [0.05, 0.1) is 24.9 Å². The number of benzene rings is 1. The summed E-state index contributed by atoms with van der Waals surface area (Å²) < 4.78 is 10.5. The minimum absolute atomic E-state index is 0.0118. The van der Waals surface area contributed by atoms with Crippen molar-refractivity contribution in [2.45, 2.75) is 26.4 Å². The Morgan fingerprint density at radius 3 is 2.83 bits per heavy atom. The number of pyridine rings is 1. The van der Waals surface area contributed by atoms with E-state index in [-0.39, 0.29) is 6.42 Å². The van der Waals surface area contributed by atoms with Crippen LogP contribution in [0.2, 0.25) is 0 Å². The van der Waals surface area contributed by atoms with Gasteiger partial charge in [0.15, 0.2) is 6.10 Å². The quantitative estimate of drug-likeness (QED) is 0.597. The number of esters is 1. The van der Waals surface area contributed by atoms with E-state index in [0.717, 1.165) is 16.1 Å². The van der Waals surface area contributed by atoms with Gasteiger partial charge in [-0.05, 0) is 43.7 Å². The number of aromatic nitrogens is 2. The van der Waals surface area contributed by atoms with E-state index in [1.54, 1.807) is 29.9 Å². The van der Waals surface area contributed by atoms with Gasteiger partial charge >= 0.3 is 5.97 Å². The molecule has 1 atom stereocenters. The van der Waals surface area contributed by atoms with Crippen LogP contribution in [0.15, 0.2) is 48.1 Å². The maximum Gasteiger partial charge on any atom is 0.312 e. The summed E-state index contributed by atoms with van der Waals surface area (Å²) in [4.78, 5) is 33.1. The fourth-order valence-corrected chi connectivity index (χ4v) is 3.41. The van der Waals surface area contributed by atoms with Crippen LogP contribution in [0.25, 0.3) is 10.6 Å². The summed E-state index contributed by atoms with van der Waals surface area (Å²) in [5.74, 6) is -0.420. The molecule has 3 aromatic rings. The standard InChI is InChI=1S/C21H21N3O4S/c1-13-6-7-18(27-3)17(9-13)24-20(26)14(2)28-19(25)10-16-12-29-21(23-16)15-5-4-8-22-11-15/h4-9,11-12,14H,10H2,1-3H3,(H,24,26)/t14-/m0/s1. The van der Waals surface area contributed by atoms with Crippen molar-refractivity contribution in [1.29, 1.82) is 0 Å². The molecular weight excluding hydrogens is 390 g/mol. The van der Waals surface area contributed by atoms with Crippen LogP contribution in [0.1, 0.15) is 18.2 Å². The molecule has 0 aliphatic heterocycles. The van der Waals surface area contributed by atoms with Gasteiger partial charge in [0.25, 0.3) is 5.91 Å². The molecule has 0 fully saturated rings. The van der Waals surface area contributed by atoms with Crippen LogP contribution in [0, 0.1) is 6.92 Å². The molecule has 2 aromatic heterocycles. The van der Waals surface area contributed by atoms with Crippen molar-refractivity contribution in [3.05, 3.63) is 59.4 Å². The number of rotatable bonds is 7. The number of nitrogens with zero attached hydrogens (tertiary/aromatic N) is 2. The minimum atomic E-state index is -0.954. The lowest BCUT2D eigenvalue weighted by molar-refractivity contribution is -0.152. The second kappa shape index (κ2) is 9.29. The first-order valence-corrected chi connectivity index (χ1v) is 9.84. The third-order valence-corrected chi connectivity index (χ3v) is 5.02. The van der Waals surface area contributed by atoms with Gasteiger partial charge in [-0.3, -0.25) is 14.6 Å². The molecule has 1 N–H and O–H groups in total. The number of amides is 1.